The van der Waals surface area contributed by atoms with Gasteiger partial charge in [0.1, 0.15) is 18.2 Å². The second kappa shape index (κ2) is 11.1. The van der Waals surface area contributed by atoms with Gasteiger partial charge in [-0.15, -0.1) is 0 Å². The fourth-order valence-corrected chi connectivity index (χ4v) is 3.56. The molecule has 0 aromatic heterocycles. The molecule has 0 fully saturated rings. The highest BCUT2D eigenvalue weighted by atomic mass is 19.1. The Morgan fingerprint density at radius 1 is 1.15 bits per heavy atom. The molecule has 33 heavy (non-hydrogen) atoms. The molecule has 3 amide bonds. The monoisotopic (exact) mass is 458 g/mol. The first-order chi connectivity index (χ1) is 15.8. The number of hydrogen-bond acceptors (Lipinski definition) is 5. The Balaban J connectivity index is 1.81. The first kappa shape index (κ1) is 24.5. The zero-order chi connectivity index (χ0) is 24.0. The summed E-state index contributed by atoms with van der Waals surface area (Å²) in [5.74, 6) is 0.00321. The number of benzene rings is 2. The molecular weight excluding hydrogens is 427 g/mol. The zero-order valence-corrected chi connectivity index (χ0v) is 19.4. The van der Waals surface area contributed by atoms with Gasteiger partial charge in [-0.3, -0.25) is 4.79 Å². The zero-order valence-electron chi connectivity index (χ0n) is 19.4. The SMILES string of the molecule is CO[C@H]1CN(C)C(=O)c2cc(NC(=O)Nc3ccc(F)cc3)ccc2OC[C@@H](C)NC[C@H]1C. The van der Waals surface area contributed by atoms with Gasteiger partial charge in [0, 0.05) is 44.7 Å². The molecule has 178 valence electrons. The van der Waals surface area contributed by atoms with Gasteiger partial charge in [0.25, 0.3) is 5.91 Å². The molecule has 3 rings (SSSR count). The van der Waals surface area contributed by atoms with Crippen molar-refractivity contribution in [2.24, 2.45) is 5.92 Å². The van der Waals surface area contributed by atoms with Crippen molar-refractivity contribution in [3.05, 3.63) is 53.8 Å². The number of likely N-dealkylation sites (N-methyl/N-ethyl adjacent to an activating group) is 1. The maximum atomic E-state index is 13.3. The number of amides is 3. The second-order valence-corrected chi connectivity index (χ2v) is 8.35. The normalized spacial score (nSPS) is 21.8. The average molecular weight is 459 g/mol. The fraction of sp³-hybridized carbons (Fsp3) is 0.417. The van der Waals surface area contributed by atoms with E-state index in [0.717, 1.165) is 6.54 Å². The molecule has 2 aromatic carbocycles. The van der Waals surface area contributed by atoms with E-state index >= 15 is 0 Å². The topological polar surface area (TPSA) is 91.9 Å². The van der Waals surface area contributed by atoms with Gasteiger partial charge < -0.3 is 30.3 Å². The molecule has 0 aliphatic carbocycles. The van der Waals surface area contributed by atoms with Crippen LogP contribution in [0, 0.1) is 11.7 Å². The highest BCUT2D eigenvalue weighted by Gasteiger charge is 2.25. The van der Waals surface area contributed by atoms with Crippen molar-refractivity contribution in [2.75, 3.05) is 44.5 Å². The molecular formula is C24H31FN4O4. The highest BCUT2D eigenvalue weighted by molar-refractivity contribution is 6.02. The average Bonchev–Trinajstić information content (AvgIpc) is 2.80. The molecule has 0 spiro atoms. The molecule has 0 saturated heterocycles. The molecule has 0 radical (unpaired) electrons. The van der Waals surface area contributed by atoms with Crippen LogP contribution in [0.3, 0.4) is 0 Å². The van der Waals surface area contributed by atoms with Gasteiger partial charge in [-0.25, -0.2) is 9.18 Å². The second-order valence-electron chi connectivity index (χ2n) is 8.35. The summed E-state index contributed by atoms with van der Waals surface area (Å²) in [6, 6.07) is 9.93. The third-order valence-corrected chi connectivity index (χ3v) is 5.58. The van der Waals surface area contributed by atoms with Gasteiger partial charge in [-0.1, -0.05) is 6.92 Å². The van der Waals surface area contributed by atoms with Crippen LogP contribution in [0.15, 0.2) is 42.5 Å². The van der Waals surface area contributed by atoms with Crippen molar-refractivity contribution < 1.29 is 23.5 Å². The molecule has 1 aliphatic rings. The number of nitrogens with one attached hydrogen (secondary N) is 3. The van der Waals surface area contributed by atoms with Gasteiger partial charge in [0.05, 0.1) is 11.7 Å². The summed E-state index contributed by atoms with van der Waals surface area (Å²) in [5, 5.41) is 8.77. The smallest absolute Gasteiger partial charge is 0.323 e. The summed E-state index contributed by atoms with van der Waals surface area (Å²) >= 11 is 0. The van der Waals surface area contributed by atoms with Crippen LogP contribution in [0.4, 0.5) is 20.6 Å². The number of methoxy groups -OCH3 is 1. The van der Waals surface area contributed by atoms with E-state index < -0.39 is 11.8 Å². The van der Waals surface area contributed by atoms with Crippen molar-refractivity contribution in [3.63, 3.8) is 0 Å². The molecule has 1 heterocycles. The Bertz CT molecular complexity index is 969. The quantitative estimate of drug-likeness (QED) is 0.654. The van der Waals surface area contributed by atoms with Gasteiger partial charge in [-0.2, -0.15) is 0 Å². The molecule has 0 unspecified atom stereocenters. The van der Waals surface area contributed by atoms with E-state index in [1.54, 1.807) is 37.3 Å². The molecule has 9 heteroatoms. The van der Waals surface area contributed by atoms with Crippen LogP contribution in [0.25, 0.3) is 0 Å². The number of carbonyl (C=O) groups is 2. The Kier molecular flexibility index (Phi) is 8.24. The summed E-state index contributed by atoms with van der Waals surface area (Å²) in [4.78, 5) is 27.3. The minimum Gasteiger partial charge on any atom is -0.491 e. The first-order valence-corrected chi connectivity index (χ1v) is 10.9. The van der Waals surface area contributed by atoms with Gasteiger partial charge >= 0.3 is 6.03 Å². The molecule has 0 saturated carbocycles. The van der Waals surface area contributed by atoms with E-state index in [2.05, 4.69) is 22.9 Å². The van der Waals surface area contributed by atoms with Crippen molar-refractivity contribution in [2.45, 2.75) is 26.0 Å². The van der Waals surface area contributed by atoms with Crippen molar-refractivity contribution >= 4 is 23.3 Å². The van der Waals surface area contributed by atoms with Crippen LogP contribution in [-0.4, -0.2) is 62.8 Å². The van der Waals surface area contributed by atoms with Crippen LogP contribution in [0.1, 0.15) is 24.2 Å². The van der Waals surface area contributed by atoms with Crippen LogP contribution >= 0.6 is 0 Å². The number of rotatable bonds is 3. The predicted molar refractivity (Wildman–Crippen MR) is 125 cm³/mol. The summed E-state index contributed by atoms with van der Waals surface area (Å²) in [6.07, 6.45) is -0.134. The number of hydrogen-bond donors (Lipinski definition) is 3. The van der Waals surface area contributed by atoms with Gasteiger partial charge in [-0.05, 0) is 55.3 Å². The van der Waals surface area contributed by atoms with Crippen molar-refractivity contribution in [1.82, 2.24) is 10.2 Å². The van der Waals surface area contributed by atoms with E-state index in [1.165, 1.54) is 24.3 Å². The van der Waals surface area contributed by atoms with Crippen LogP contribution in [0.2, 0.25) is 0 Å². The minimum atomic E-state index is -0.512. The summed E-state index contributed by atoms with van der Waals surface area (Å²) in [7, 11) is 3.36. The molecule has 2 aromatic rings. The first-order valence-electron chi connectivity index (χ1n) is 10.9. The Hall–Kier alpha value is -3.17. The van der Waals surface area contributed by atoms with E-state index in [-0.39, 0.29) is 24.0 Å². The molecule has 3 atom stereocenters. The maximum Gasteiger partial charge on any atom is 0.323 e. The molecule has 0 bridgehead atoms. The number of carbonyl (C=O) groups excluding carboxylic acids is 2. The Morgan fingerprint density at radius 2 is 1.82 bits per heavy atom. The van der Waals surface area contributed by atoms with Crippen molar-refractivity contribution in [3.8, 4) is 5.75 Å². The number of nitrogens with zero attached hydrogens (tertiary/aromatic N) is 1. The largest absolute Gasteiger partial charge is 0.491 e. The lowest BCUT2D eigenvalue weighted by molar-refractivity contribution is 0.0281. The highest BCUT2D eigenvalue weighted by Crippen LogP contribution is 2.26. The fourth-order valence-electron chi connectivity index (χ4n) is 3.56. The maximum absolute atomic E-state index is 13.3. The molecule has 3 N–H and O–H groups in total. The number of anilines is 2. The number of fused-ring (bicyclic) bond motifs is 1. The number of halogens is 1. The third kappa shape index (κ3) is 6.66. The standard InChI is InChI=1S/C24H31FN4O4/c1-15-12-26-16(2)14-33-21-10-9-19(11-20(21)23(30)29(3)13-22(15)32-4)28-24(31)27-18-7-5-17(25)6-8-18/h5-11,15-16,22,26H,12-14H2,1-4H3,(H2,27,28,31)/t15-,16-,22+/m1/s1. The summed E-state index contributed by atoms with van der Waals surface area (Å²) in [6.45, 7) is 5.63. The summed E-state index contributed by atoms with van der Waals surface area (Å²) < 4.78 is 24.6. The lowest BCUT2D eigenvalue weighted by atomic mass is 10.0. The summed E-state index contributed by atoms with van der Waals surface area (Å²) in [5.41, 5.74) is 1.21. The van der Waals surface area contributed by atoms with E-state index in [1.807, 2.05) is 6.92 Å². The Labute approximate surface area is 193 Å². The van der Waals surface area contributed by atoms with Gasteiger partial charge in [0.15, 0.2) is 0 Å². The van der Waals surface area contributed by atoms with Gasteiger partial charge in [0.2, 0.25) is 0 Å². The molecule has 1 aliphatic heterocycles. The van der Waals surface area contributed by atoms with Crippen LogP contribution in [0.5, 0.6) is 5.75 Å². The number of urea groups is 1. The van der Waals surface area contributed by atoms with Crippen LogP contribution in [-0.2, 0) is 4.74 Å². The Morgan fingerprint density at radius 3 is 2.52 bits per heavy atom. The van der Waals surface area contributed by atoms with E-state index in [0.29, 0.717) is 35.8 Å². The van der Waals surface area contributed by atoms with E-state index in [4.69, 9.17) is 9.47 Å². The lowest BCUT2D eigenvalue weighted by Gasteiger charge is -2.30. The van der Waals surface area contributed by atoms with E-state index in [9.17, 15) is 14.0 Å². The predicted octanol–water partition coefficient (Wildman–Crippen LogP) is 3.56. The van der Waals surface area contributed by atoms with Crippen LogP contribution < -0.4 is 20.7 Å². The molecule has 8 nitrogen and oxygen atoms in total. The number of ether oxygens (including phenoxy) is 2. The third-order valence-electron chi connectivity index (χ3n) is 5.58. The van der Waals surface area contributed by atoms with Crippen molar-refractivity contribution in [1.29, 1.82) is 0 Å². The minimum absolute atomic E-state index is 0.0735. The lowest BCUT2D eigenvalue weighted by Crippen LogP contribution is -2.44.